The van der Waals surface area contributed by atoms with Crippen molar-refractivity contribution in [3.63, 3.8) is 0 Å². The van der Waals surface area contributed by atoms with Crippen molar-refractivity contribution in [2.24, 2.45) is 0 Å². The Morgan fingerprint density at radius 2 is 1.82 bits per heavy atom. The first-order valence-corrected chi connectivity index (χ1v) is 12.1. The number of aromatic nitrogens is 3. The van der Waals surface area contributed by atoms with Crippen molar-refractivity contribution >= 4 is 27.4 Å². The number of benzene rings is 1. The molecule has 3 rings (SSSR count). The Morgan fingerprint density at radius 3 is 2.44 bits per heavy atom. The number of sulfone groups is 1. The van der Waals surface area contributed by atoms with E-state index in [1.807, 2.05) is 13.0 Å². The summed E-state index contributed by atoms with van der Waals surface area (Å²) in [6.07, 6.45) is -0.957. The van der Waals surface area contributed by atoms with Gasteiger partial charge in [0.15, 0.2) is 0 Å². The molecule has 12 heteroatoms. The van der Waals surface area contributed by atoms with Crippen LogP contribution in [-0.2, 0) is 16.0 Å². The van der Waals surface area contributed by atoms with Crippen molar-refractivity contribution in [2.75, 3.05) is 30.9 Å². The lowest BCUT2D eigenvalue weighted by Gasteiger charge is -2.16. The standard InChI is InChI=1S/C22H22F3N5O3S/c1-14-10-16(12-17(11-14)28-21-26-7-6-19(29-21)22(23,24)25)15-4-5-18(27-13-15)20(31)30(2)8-9-34(3,32)33/h4-7,10-13H,8-9H2,1-3H3,(H,26,28,29). The first-order chi connectivity index (χ1) is 15.8. The van der Waals surface area contributed by atoms with E-state index in [0.717, 1.165) is 24.1 Å². The summed E-state index contributed by atoms with van der Waals surface area (Å²) in [4.78, 5) is 25.3. The first kappa shape index (κ1) is 25.1. The second-order valence-corrected chi connectivity index (χ2v) is 10.0. The fourth-order valence-electron chi connectivity index (χ4n) is 3.02. The molecule has 1 aromatic carbocycles. The van der Waals surface area contributed by atoms with Gasteiger partial charge < -0.3 is 10.2 Å². The van der Waals surface area contributed by atoms with Gasteiger partial charge in [0.2, 0.25) is 5.95 Å². The topological polar surface area (TPSA) is 105 Å². The molecular formula is C22H22F3N5O3S. The van der Waals surface area contributed by atoms with E-state index in [4.69, 9.17) is 0 Å². The van der Waals surface area contributed by atoms with Crippen LogP contribution in [0.4, 0.5) is 24.8 Å². The third-order valence-corrected chi connectivity index (χ3v) is 5.66. The van der Waals surface area contributed by atoms with Gasteiger partial charge >= 0.3 is 6.18 Å². The zero-order chi connectivity index (χ0) is 25.1. The summed E-state index contributed by atoms with van der Waals surface area (Å²) in [5.74, 6) is -0.756. The number of rotatable bonds is 7. The molecule has 0 bridgehead atoms. The molecule has 0 saturated heterocycles. The maximum absolute atomic E-state index is 12.9. The van der Waals surface area contributed by atoms with Crippen LogP contribution in [0.1, 0.15) is 21.7 Å². The number of anilines is 2. The van der Waals surface area contributed by atoms with E-state index in [9.17, 15) is 26.4 Å². The molecule has 0 aliphatic rings. The molecule has 0 spiro atoms. The Labute approximate surface area is 194 Å². The lowest BCUT2D eigenvalue weighted by Crippen LogP contribution is -2.31. The third kappa shape index (κ3) is 6.73. The number of nitrogens with zero attached hydrogens (tertiary/aromatic N) is 4. The minimum absolute atomic E-state index is 0.0472. The van der Waals surface area contributed by atoms with Crippen LogP contribution in [0, 0.1) is 6.92 Å². The van der Waals surface area contributed by atoms with E-state index < -0.39 is 27.6 Å². The van der Waals surface area contributed by atoms with Gasteiger partial charge in [0.05, 0.1) is 5.75 Å². The number of carbonyl (C=O) groups excluding carboxylic acids is 1. The highest BCUT2D eigenvalue weighted by Crippen LogP contribution is 2.29. The average Bonchev–Trinajstić information content (AvgIpc) is 2.76. The Morgan fingerprint density at radius 1 is 1.09 bits per heavy atom. The molecule has 34 heavy (non-hydrogen) atoms. The van der Waals surface area contributed by atoms with Crippen LogP contribution in [0.2, 0.25) is 0 Å². The Hall–Kier alpha value is -3.54. The number of alkyl halides is 3. The molecule has 0 saturated carbocycles. The van der Waals surface area contributed by atoms with E-state index in [-0.39, 0.29) is 23.9 Å². The molecule has 1 N–H and O–H groups in total. The van der Waals surface area contributed by atoms with Gasteiger partial charge in [-0.25, -0.2) is 18.4 Å². The molecule has 0 atom stereocenters. The maximum atomic E-state index is 12.9. The predicted octanol–water partition coefficient (Wildman–Crippen LogP) is 3.73. The quantitative estimate of drug-likeness (QED) is 0.535. The molecule has 0 radical (unpaired) electrons. The number of nitrogens with one attached hydrogen (secondary N) is 1. The largest absolute Gasteiger partial charge is 0.433 e. The highest BCUT2D eigenvalue weighted by Gasteiger charge is 2.32. The summed E-state index contributed by atoms with van der Waals surface area (Å²) in [7, 11) is -1.71. The van der Waals surface area contributed by atoms with Crippen LogP contribution in [0.5, 0.6) is 0 Å². The minimum atomic E-state index is -4.58. The second kappa shape index (κ2) is 9.75. The summed E-state index contributed by atoms with van der Waals surface area (Å²) in [6, 6.07) is 9.29. The summed E-state index contributed by atoms with van der Waals surface area (Å²) in [5, 5.41) is 2.79. The van der Waals surface area contributed by atoms with Crippen molar-refractivity contribution in [2.45, 2.75) is 13.1 Å². The summed E-state index contributed by atoms with van der Waals surface area (Å²) < 4.78 is 61.4. The zero-order valence-electron chi connectivity index (χ0n) is 18.6. The summed E-state index contributed by atoms with van der Waals surface area (Å²) in [5.41, 5.74) is 1.80. The number of carbonyl (C=O) groups is 1. The molecule has 3 aromatic rings. The molecule has 0 unspecified atom stereocenters. The number of pyridine rings is 1. The van der Waals surface area contributed by atoms with E-state index in [2.05, 4.69) is 20.3 Å². The Balaban J connectivity index is 1.79. The van der Waals surface area contributed by atoms with Crippen LogP contribution in [-0.4, -0.2) is 59.8 Å². The normalized spacial score (nSPS) is 11.8. The predicted molar refractivity (Wildman–Crippen MR) is 121 cm³/mol. The maximum Gasteiger partial charge on any atom is 0.433 e. The lowest BCUT2D eigenvalue weighted by molar-refractivity contribution is -0.141. The number of halogens is 3. The highest BCUT2D eigenvalue weighted by molar-refractivity contribution is 7.90. The monoisotopic (exact) mass is 493 g/mol. The Bertz CT molecular complexity index is 1300. The minimum Gasteiger partial charge on any atom is -0.339 e. The van der Waals surface area contributed by atoms with Crippen molar-refractivity contribution in [3.8, 4) is 11.1 Å². The van der Waals surface area contributed by atoms with Crippen molar-refractivity contribution in [3.05, 3.63) is 65.7 Å². The van der Waals surface area contributed by atoms with Crippen molar-refractivity contribution < 1.29 is 26.4 Å². The molecule has 8 nitrogen and oxygen atoms in total. The first-order valence-electron chi connectivity index (χ1n) is 10.0. The van der Waals surface area contributed by atoms with Crippen molar-refractivity contribution in [1.82, 2.24) is 19.9 Å². The van der Waals surface area contributed by atoms with Gasteiger partial charge in [0, 0.05) is 43.5 Å². The van der Waals surface area contributed by atoms with Crippen LogP contribution in [0.15, 0.2) is 48.8 Å². The summed E-state index contributed by atoms with van der Waals surface area (Å²) >= 11 is 0. The third-order valence-electron chi connectivity index (χ3n) is 4.74. The molecule has 0 aliphatic heterocycles. The number of hydrogen-bond donors (Lipinski definition) is 1. The van der Waals surface area contributed by atoms with Gasteiger partial charge in [-0.3, -0.25) is 9.78 Å². The van der Waals surface area contributed by atoms with E-state index in [1.54, 1.807) is 18.2 Å². The van der Waals surface area contributed by atoms with Crippen molar-refractivity contribution in [1.29, 1.82) is 0 Å². The van der Waals surface area contributed by atoms with Gasteiger partial charge in [-0.1, -0.05) is 12.1 Å². The average molecular weight is 494 g/mol. The smallest absolute Gasteiger partial charge is 0.339 e. The van der Waals surface area contributed by atoms with Gasteiger partial charge in [0.25, 0.3) is 5.91 Å². The molecular weight excluding hydrogens is 471 g/mol. The number of amides is 1. The van der Waals surface area contributed by atoms with E-state index in [1.165, 1.54) is 24.2 Å². The Kier molecular flexibility index (Phi) is 7.20. The number of aryl methyl sites for hydroxylation is 1. The van der Waals surface area contributed by atoms with Gasteiger partial charge in [0.1, 0.15) is 21.2 Å². The van der Waals surface area contributed by atoms with Gasteiger partial charge in [-0.15, -0.1) is 0 Å². The molecule has 2 aromatic heterocycles. The van der Waals surface area contributed by atoms with Gasteiger partial charge in [-0.05, 0) is 42.3 Å². The van der Waals surface area contributed by atoms with Crippen LogP contribution in [0.25, 0.3) is 11.1 Å². The molecule has 180 valence electrons. The fourth-order valence-corrected chi connectivity index (χ4v) is 3.62. The SMILES string of the molecule is Cc1cc(Nc2nccc(C(F)(F)F)n2)cc(-c2ccc(C(=O)N(C)CCS(C)(=O)=O)nc2)c1. The molecule has 0 aliphatic carbocycles. The van der Waals surface area contributed by atoms with Crippen LogP contribution < -0.4 is 5.32 Å². The summed E-state index contributed by atoms with van der Waals surface area (Å²) in [6.45, 7) is 1.87. The van der Waals surface area contributed by atoms with Crippen LogP contribution in [0.3, 0.4) is 0 Å². The van der Waals surface area contributed by atoms with E-state index in [0.29, 0.717) is 16.8 Å². The zero-order valence-corrected chi connectivity index (χ0v) is 19.4. The van der Waals surface area contributed by atoms with Gasteiger partial charge in [-0.2, -0.15) is 13.2 Å². The fraction of sp³-hybridized carbons (Fsp3) is 0.273. The second-order valence-electron chi connectivity index (χ2n) is 7.76. The van der Waals surface area contributed by atoms with Crippen LogP contribution >= 0.6 is 0 Å². The number of hydrogen-bond acceptors (Lipinski definition) is 7. The lowest BCUT2D eigenvalue weighted by atomic mass is 10.0. The molecule has 2 heterocycles. The highest BCUT2D eigenvalue weighted by atomic mass is 32.2. The van der Waals surface area contributed by atoms with E-state index >= 15 is 0 Å². The molecule has 1 amide bonds. The molecule has 0 fully saturated rings.